The summed E-state index contributed by atoms with van der Waals surface area (Å²) in [6.07, 6.45) is 2.00. The van der Waals surface area contributed by atoms with E-state index in [1.54, 1.807) is 0 Å². The third kappa shape index (κ3) is 3.43. The molecule has 0 saturated carbocycles. The van der Waals surface area contributed by atoms with Crippen LogP contribution in [0.1, 0.15) is 45.1 Å². The molecule has 1 amide bonds. The predicted octanol–water partition coefficient (Wildman–Crippen LogP) is 4.52. The first kappa shape index (κ1) is 15.7. The van der Waals surface area contributed by atoms with Gasteiger partial charge in [-0.05, 0) is 57.1 Å². The molecule has 0 bridgehead atoms. The summed E-state index contributed by atoms with van der Waals surface area (Å²) < 4.78 is 5.48. The van der Waals surface area contributed by atoms with Crippen LogP contribution >= 0.6 is 11.8 Å². The number of fused-ring (bicyclic) bond motifs is 1. The molecule has 1 fully saturated rings. The van der Waals surface area contributed by atoms with Crippen molar-refractivity contribution in [3.8, 4) is 0 Å². The highest BCUT2D eigenvalue weighted by atomic mass is 32.2. The topological polar surface area (TPSA) is 29.5 Å². The molecule has 0 N–H and O–H groups in total. The zero-order valence-corrected chi connectivity index (χ0v) is 14.5. The second-order valence-corrected chi connectivity index (χ2v) is 8.32. The summed E-state index contributed by atoms with van der Waals surface area (Å²) in [6.45, 7) is 7.41. The summed E-state index contributed by atoms with van der Waals surface area (Å²) in [6, 6.07) is 8.78. The highest BCUT2D eigenvalue weighted by Crippen LogP contribution is 2.45. The van der Waals surface area contributed by atoms with Gasteiger partial charge in [-0.2, -0.15) is 0 Å². The number of piperidine rings is 1. The fraction of sp³-hybridized carbons (Fsp3) is 0.611. The smallest absolute Gasteiger partial charge is 0.410 e. The normalized spacial score (nSPS) is 22.5. The Labute approximate surface area is 137 Å². The summed E-state index contributed by atoms with van der Waals surface area (Å²) in [4.78, 5) is 15.5. The Kier molecular flexibility index (Phi) is 4.40. The average Bonchev–Trinajstić information content (AvgIpc) is 2.89. The van der Waals surface area contributed by atoms with Crippen molar-refractivity contribution in [1.82, 2.24) is 4.90 Å². The van der Waals surface area contributed by atoms with Crippen LogP contribution in [0.25, 0.3) is 0 Å². The third-order valence-corrected chi connectivity index (χ3v) is 5.71. The van der Waals surface area contributed by atoms with Gasteiger partial charge in [0.25, 0.3) is 0 Å². The van der Waals surface area contributed by atoms with E-state index in [9.17, 15) is 4.79 Å². The van der Waals surface area contributed by atoms with Crippen molar-refractivity contribution in [3.63, 3.8) is 0 Å². The SMILES string of the molecule is CC(C)(C)OC(=O)N1CCC(C2CSc3ccccc32)CC1. The Morgan fingerprint density at radius 3 is 2.59 bits per heavy atom. The lowest BCUT2D eigenvalue weighted by Gasteiger charge is -2.35. The molecular weight excluding hydrogens is 294 g/mol. The quantitative estimate of drug-likeness (QED) is 0.762. The third-order valence-electron chi connectivity index (χ3n) is 4.50. The molecule has 1 aromatic carbocycles. The molecule has 120 valence electrons. The highest BCUT2D eigenvalue weighted by molar-refractivity contribution is 7.99. The first-order chi connectivity index (χ1) is 10.4. The van der Waals surface area contributed by atoms with E-state index in [0.29, 0.717) is 11.8 Å². The van der Waals surface area contributed by atoms with Gasteiger partial charge >= 0.3 is 6.09 Å². The van der Waals surface area contributed by atoms with Gasteiger partial charge in [0.15, 0.2) is 0 Å². The summed E-state index contributed by atoms with van der Waals surface area (Å²) in [5.41, 5.74) is 1.11. The molecule has 3 nitrogen and oxygen atoms in total. The van der Waals surface area contributed by atoms with E-state index < -0.39 is 5.60 Å². The molecule has 1 saturated heterocycles. The Hall–Kier alpha value is -1.16. The average molecular weight is 319 g/mol. The minimum Gasteiger partial charge on any atom is -0.444 e. The number of likely N-dealkylation sites (tertiary alicyclic amines) is 1. The van der Waals surface area contributed by atoms with Crippen molar-refractivity contribution < 1.29 is 9.53 Å². The van der Waals surface area contributed by atoms with E-state index in [4.69, 9.17) is 4.74 Å². The van der Waals surface area contributed by atoms with Crippen LogP contribution in [-0.2, 0) is 4.74 Å². The summed E-state index contributed by atoms with van der Waals surface area (Å²) in [5.74, 6) is 2.54. The molecule has 1 atom stereocenters. The van der Waals surface area contributed by atoms with E-state index in [1.807, 2.05) is 37.4 Å². The van der Waals surface area contributed by atoms with Crippen molar-refractivity contribution in [2.24, 2.45) is 5.92 Å². The zero-order chi connectivity index (χ0) is 15.7. The van der Waals surface area contributed by atoms with Crippen LogP contribution in [0.15, 0.2) is 29.2 Å². The lowest BCUT2D eigenvalue weighted by Crippen LogP contribution is -2.42. The number of benzene rings is 1. The number of nitrogens with zero attached hydrogens (tertiary/aromatic N) is 1. The summed E-state index contributed by atoms with van der Waals surface area (Å²) in [7, 11) is 0. The second-order valence-electron chi connectivity index (χ2n) is 7.26. The Morgan fingerprint density at radius 2 is 1.91 bits per heavy atom. The van der Waals surface area contributed by atoms with Gasteiger partial charge in [-0.15, -0.1) is 11.8 Å². The number of hydrogen-bond acceptors (Lipinski definition) is 3. The lowest BCUT2D eigenvalue weighted by atomic mass is 9.81. The van der Waals surface area contributed by atoms with Crippen LogP contribution in [0.2, 0.25) is 0 Å². The molecule has 2 heterocycles. The Balaban J connectivity index is 1.58. The standard InChI is InChI=1S/C18H25NO2S/c1-18(2,3)21-17(20)19-10-8-13(9-11-19)15-12-22-16-7-5-4-6-14(15)16/h4-7,13,15H,8-12H2,1-3H3. The molecule has 3 rings (SSSR count). The Bertz CT molecular complexity index is 544. The van der Waals surface area contributed by atoms with Crippen LogP contribution < -0.4 is 0 Å². The predicted molar refractivity (Wildman–Crippen MR) is 90.4 cm³/mol. The van der Waals surface area contributed by atoms with E-state index in [0.717, 1.165) is 25.9 Å². The molecule has 0 spiro atoms. The van der Waals surface area contributed by atoms with Crippen LogP contribution in [0.5, 0.6) is 0 Å². The maximum absolute atomic E-state index is 12.1. The first-order valence-electron chi connectivity index (χ1n) is 8.14. The van der Waals surface area contributed by atoms with Crippen LogP contribution in [0.3, 0.4) is 0 Å². The van der Waals surface area contributed by atoms with Gasteiger partial charge in [-0.1, -0.05) is 18.2 Å². The van der Waals surface area contributed by atoms with E-state index >= 15 is 0 Å². The number of rotatable bonds is 1. The maximum Gasteiger partial charge on any atom is 0.410 e. The van der Waals surface area contributed by atoms with Gasteiger partial charge in [0.2, 0.25) is 0 Å². The Morgan fingerprint density at radius 1 is 1.23 bits per heavy atom. The molecule has 4 heteroatoms. The fourth-order valence-corrected chi connectivity index (χ4v) is 4.76. The summed E-state index contributed by atoms with van der Waals surface area (Å²) in [5, 5.41) is 0. The van der Waals surface area contributed by atoms with E-state index in [-0.39, 0.29) is 6.09 Å². The molecule has 2 aliphatic rings. The minimum atomic E-state index is -0.408. The molecule has 22 heavy (non-hydrogen) atoms. The number of carbonyl (C=O) groups is 1. The van der Waals surface area contributed by atoms with Crippen molar-refractivity contribution in [3.05, 3.63) is 29.8 Å². The molecule has 2 aliphatic heterocycles. The van der Waals surface area contributed by atoms with Crippen molar-refractivity contribution in [2.45, 2.75) is 50.0 Å². The molecular formula is C18H25NO2S. The molecule has 1 unspecified atom stereocenters. The monoisotopic (exact) mass is 319 g/mol. The van der Waals surface area contributed by atoms with Gasteiger partial charge in [0.05, 0.1) is 0 Å². The molecule has 0 radical (unpaired) electrons. The van der Waals surface area contributed by atoms with Crippen molar-refractivity contribution in [2.75, 3.05) is 18.8 Å². The number of ether oxygens (including phenoxy) is 1. The van der Waals surface area contributed by atoms with Crippen molar-refractivity contribution in [1.29, 1.82) is 0 Å². The number of thioether (sulfide) groups is 1. The van der Waals surface area contributed by atoms with E-state index in [1.165, 1.54) is 16.2 Å². The number of amides is 1. The van der Waals surface area contributed by atoms with Crippen LogP contribution in [0, 0.1) is 5.92 Å². The van der Waals surface area contributed by atoms with Crippen LogP contribution in [-0.4, -0.2) is 35.4 Å². The number of hydrogen-bond donors (Lipinski definition) is 0. The number of carbonyl (C=O) groups excluding carboxylic acids is 1. The van der Waals surface area contributed by atoms with Gasteiger partial charge in [-0.25, -0.2) is 4.79 Å². The minimum absolute atomic E-state index is 0.160. The molecule has 0 aromatic heterocycles. The summed E-state index contributed by atoms with van der Waals surface area (Å²) >= 11 is 1.98. The lowest BCUT2D eigenvalue weighted by molar-refractivity contribution is 0.0176. The van der Waals surface area contributed by atoms with Crippen LogP contribution in [0.4, 0.5) is 4.79 Å². The van der Waals surface area contributed by atoms with Gasteiger partial charge in [0, 0.05) is 23.7 Å². The molecule has 1 aromatic rings. The van der Waals surface area contributed by atoms with Gasteiger partial charge in [0.1, 0.15) is 5.60 Å². The van der Waals surface area contributed by atoms with Gasteiger partial charge in [-0.3, -0.25) is 0 Å². The van der Waals surface area contributed by atoms with E-state index in [2.05, 4.69) is 24.3 Å². The van der Waals surface area contributed by atoms with Crippen molar-refractivity contribution >= 4 is 17.9 Å². The zero-order valence-electron chi connectivity index (χ0n) is 13.7. The van der Waals surface area contributed by atoms with Gasteiger partial charge < -0.3 is 9.64 Å². The maximum atomic E-state index is 12.1. The largest absolute Gasteiger partial charge is 0.444 e. The second kappa shape index (κ2) is 6.15. The fourth-order valence-electron chi connectivity index (χ4n) is 3.39. The molecule has 0 aliphatic carbocycles. The first-order valence-corrected chi connectivity index (χ1v) is 9.12. The highest BCUT2D eigenvalue weighted by Gasteiger charge is 2.34.